The van der Waals surface area contributed by atoms with Gasteiger partial charge in [-0.15, -0.1) is 0 Å². The molecule has 1 unspecified atom stereocenters. The highest BCUT2D eigenvalue weighted by atomic mass is 16.5. The van der Waals surface area contributed by atoms with Gasteiger partial charge in [0.15, 0.2) is 11.5 Å². The van der Waals surface area contributed by atoms with Gasteiger partial charge in [-0.3, -0.25) is 0 Å². The standard InChI is InChI=1S/C12H18O3/c1-8-5-6-10(9(2)7-13)12(15-4)11(8)14-3/h5-6,9,13H,7H2,1-4H3. The second kappa shape index (κ2) is 5.03. The maximum absolute atomic E-state index is 9.14. The summed E-state index contributed by atoms with van der Waals surface area (Å²) in [4.78, 5) is 0. The normalized spacial score (nSPS) is 12.3. The third-order valence-electron chi connectivity index (χ3n) is 2.55. The number of aliphatic hydroxyl groups is 1. The second-order valence-corrected chi connectivity index (χ2v) is 3.62. The third kappa shape index (κ3) is 2.23. The smallest absolute Gasteiger partial charge is 0.164 e. The summed E-state index contributed by atoms with van der Waals surface area (Å²) in [6.07, 6.45) is 0. The van der Waals surface area contributed by atoms with E-state index >= 15 is 0 Å². The van der Waals surface area contributed by atoms with Crippen molar-refractivity contribution in [2.45, 2.75) is 19.8 Å². The first kappa shape index (κ1) is 11.9. The molecule has 1 N–H and O–H groups in total. The molecule has 0 radical (unpaired) electrons. The molecule has 15 heavy (non-hydrogen) atoms. The summed E-state index contributed by atoms with van der Waals surface area (Å²) in [5, 5.41) is 9.14. The minimum absolute atomic E-state index is 0.0504. The van der Waals surface area contributed by atoms with Crippen LogP contribution in [0.4, 0.5) is 0 Å². The van der Waals surface area contributed by atoms with Gasteiger partial charge in [0.25, 0.3) is 0 Å². The van der Waals surface area contributed by atoms with E-state index < -0.39 is 0 Å². The Labute approximate surface area is 90.6 Å². The molecule has 0 aromatic heterocycles. The van der Waals surface area contributed by atoms with Crippen molar-refractivity contribution in [3.8, 4) is 11.5 Å². The summed E-state index contributed by atoms with van der Waals surface area (Å²) in [6.45, 7) is 4.02. The molecule has 1 atom stereocenters. The molecular weight excluding hydrogens is 192 g/mol. The fourth-order valence-corrected chi connectivity index (χ4v) is 1.63. The molecule has 0 saturated carbocycles. The first-order chi connectivity index (χ1) is 7.15. The van der Waals surface area contributed by atoms with Gasteiger partial charge in [-0.05, 0) is 12.5 Å². The Kier molecular flexibility index (Phi) is 3.97. The first-order valence-corrected chi connectivity index (χ1v) is 4.98. The van der Waals surface area contributed by atoms with Gasteiger partial charge in [-0.1, -0.05) is 19.1 Å². The van der Waals surface area contributed by atoms with E-state index in [-0.39, 0.29) is 12.5 Å². The minimum Gasteiger partial charge on any atom is -0.493 e. The van der Waals surface area contributed by atoms with Crippen LogP contribution in [-0.2, 0) is 0 Å². The van der Waals surface area contributed by atoms with Crippen LogP contribution < -0.4 is 9.47 Å². The van der Waals surface area contributed by atoms with Crippen molar-refractivity contribution in [2.24, 2.45) is 0 Å². The van der Waals surface area contributed by atoms with Gasteiger partial charge in [0.05, 0.1) is 14.2 Å². The van der Waals surface area contributed by atoms with Crippen LogP contribution in [0.5, 0.6) is 11.5 Å². The van der Waals surface area contributed by atoms with E-state index in [2.05, 4.69) is 0 Å². The number of hydrogen-bond acceptors (Lipinski definition) is 3. The van der Waals surface area contributed by atoms with Gasteiger partial charge in [-0.25, -0.2) is 0 Å². The largest absolute Gasteiger partial charge is 0.493 e. The Morgan fingerprint density at radius 3 is 2.27 bits per heavy atom. The van der Waals surface area contributed by atoms with Crippen LogP contribution in [0.3, 0.4) is 0 Å². The molecule has 84 valence electrons. The van der Waals surface area contributed by atoms with E-state index in [4.69, 9.17) is 14.6 Å². The number of hydrogen-bond donors (Lipinski definition) is 1. The topological polar surface area (TPSA) is 38.7 Å². The van der Waals surface area contributed by atoms with Crippen LogP contribution in [0.25, 0.3) is 0 Å². The predicted octanol–water partition coefficient (Wildman–Crippen LogP) is 2.11. The summed E-state index contributed by atoms with van der Waals surface area (Å²) < 4.78 is 10.6. The van der Waals surface area contributed by atoms with Crippen LogP contribution >= 0.6 is 0 Å². The molecule has 0 aliphatic carbocycles. The molecule has 0 bridgehead atoms. The van der Waals surface area contributed by atoms with Crippen molar-refractivity contribution in [3.05, 3.63) is 23.3 Å². The van der Waals surface area contributed by atoms with Gasteiger partial charge in [0.1, 0.15) is 0 Å². The maximum atomic E-state index is 9.14. The lowest BCUT2D eigenvalue weighted by Gasteiger charge is -2.17. The van der Waals surface area contributed by atoms with Gasteiger partial charge >= 0.3 is 0 Å². The van der Waals surface area contributed by atoms with Crippen molar-refractivity contribution in [1.29, 1.82) is 0 Å². The molecule has 0 spiro atoms. The SMILES string of the molecule is COc1c(C)ccc(C(C)CO)c1OC. The number of methoxy groups -OCH3 is 2. The fraction of sp³-hybridized carbons (Fsp3) is 0.500. The number of benzene rings is 1. The van der Waals surface area contributed by atoms with Crippen molar-refractivity contribution in [1.82, 2.24) is 0 Å². The Morgan fingerprint density at radius 2 is 1.80 bits per heavy atom. The van der Waals surface area contributed by atoms with Crippen LogP contribution in [-0.4, -0.2) is 25.9 Å². The van der Waals surface area contributed by atoms with Crippen molar-refractivity contribution < 1.29 is 14.6 Å². The highest BCUT2D eigenvalue weighted by molar-refractivity contribution is 5.52. The molecule has 0 aliphatic rings. The van der Waals surface area contributed by atoms with Crippen molar-refractivity contribution in [2.75, 3.05) is 20.8 Å². The van der Waals surface area contributed by atoms with E-state index in [9.17, 15) is 0 Å². The van der Waals surface area contributed by atoms with E-state index in [1.165, 1.54) is 0 Å². The quantitative estimate of drug-likeness (QED) is 0.827. The Morgan fingerprint density at radius 1 is 1.20 bits per heavy atom. The average Bonchev–Trinajstić information content (AvgIpc) is 2.27. The summed E-state index contributed by atoms with van der Waals surface area (Å²) in [5.74, 6) is 1.52. The fourth-order valence-electron chi connectivity index (χ4n) is 1.63. The minimum atomic E-state index is 0.0504. The molecule has 3 nitrogen and oxygen atoms in total. The molecule has 1 rings (SSSR count). The van der Waals surface area contributed by atoms with Crippen molar-refractivity contribution in [3.63, 3.8) is 0 Å². The number of rotatable bonds is 4. The molecule has 1 aromatic carbocycles. The molecule has 0 saturated heterocycles. The number of aryl methyl sites for hydroxylation is 1. The summed E-state index contributed by atoms with van der Waals surface area (Å²) in [7, 11) is 3.24. The molecule has 3 heteroatoms. The van der Waals surface area contributed by atoms with E-state index in [1.54, 1.807) is 14.2 Å². The van der Waals surface area contributed by atoms with E-state index in [1.807, 2.05) is 26.0 Å². The lowest BCUT2D eigenvalue weighted by molar-refractivity contribution is 0.268. The molecule has 0 heterocycles. The number of aliphatic hydroxyl groups excluding tert-OH is 1. The van der Waals surface area contributed by atoms with Crippen LogP contribution in [0.2, 0.25) is 0 Å². The van der Waals surface area contributed by atoms with Crippen LogP contribution in [0.15, 0.2) is 12.1 Å². The second-order valence-electron chi connectivity index (χ2n) is 3.62. The zero-order chi connectivity index (χ0) is 11.4. The highest BCUT2D eigenvalue weighted by Gasteiger charge is 2.16. The Balaban J connectivity index is 3.28. The highest BCUT2D eigenvalue weighted by Crippen LogP contribution is 2.37. The van der Waals surface area contributed by atoms with Gasteiger partial charge in [-0.2, -0.15) is 0 Å². The monoisotopic (exact) mass is 210 g/mol. The summed E-state index contributed by atoms with van der Waals surface area (Å²) in [6, 6.07) is 3.94. The summed E-state index contributed by atoms with van der Waals surface area (Å²) in [5.41, 5.74) is 2.01. The summed E-state index contributed by atoms with van der Waals surface area (Å²) >= 11 is 0. The molecule has 0 aliphatic heterocycles. The van der Waals surface area contributed by atoms with Crippen molar-refractivity contribution >= 4 is 0 Å². The predicted molar refractivity (Wildman–Crippen MR) is 59.8 cm³/mol. The maximum Gasteiger partial charge on any atom is 0.164 e. The van der Waals surface area contributed by atoms with Crippen LogP contribution in [0, 0.1) is 6.92 Å². The van der Waals surface area contributed by atoms with Gasteiger partial charge in [0.2, 0.25) is 0 Å². The first-order valence-electron chi connectivity index (χ1n) is 4.98. The Bertz CT molecular complexity index is 334. The molecule has 1 aromatic rings. The Hall–Kier alpha value is -1.22. The molecule has 0 amide bonds. The zero-order valence-corrected chi connectivity index (χ0v) is 9.70. The lowest BCUT2D eigenvalue weighted by atomic mass is 9.98. The van der Waals surface area contributed by atoms with E-state index in [0.29, 0.717) is 0 Å². The third-order valence-corrected chi connectivity index (χ3v) is 2.55. The molecule has 0 fully saturated rings. The van der Waals surface area contributed by atoms with Gasteiger partial charge in [0, 0.05) is 18.1 Å². The average molecular weight is 210 g/mol. The lowest BCUT2D eigenvalue weighted by Crippen LogP contribution is -2.04. The zero-order valence-electron chi connectivity index (χ0n) is 9.70. The molecular formula is C12H18O3. The van der Waals surface area contributed by atoms with Crippen LogP contribution in [0.1, 0.15) is 24.0 Å². The van der Waals surface area contributed by atoms with E-state index in [0.717, 1.165) is 22.6 Å². The number of ether oxygens (including phenoxy) is 2. The van der Waals surface area contributed by atoms with Gasteiger partial charge < -0.3 is 14.6 Å².